The van der Waals surface area contributed by atoms with Crippen molar-refractivity contribution in [2.24, 2.45) is 0 Å². The summed E-state index contributed by atoms with van der Waals surface area (Å²) in [6, 6.07) is 11.2. The van der Waals surface area contributed by atoms with Crippen molar-refractivity contribution in [1.29, 1.82) is 0 Å². The van der Waals surface area contributed by atoms with Crippen molar-refractivity contribution in [2.45, 2.75) is 38.9 Å². The molecule has 7 heteroatoms. The molecule has 25 heavy (non-hydrogen) atoms. The van der Waals surface area contributed by atoms with Gasteiger partial charge in [0.25, 0.3) is 0 Å². The zero-order chi connectivity index (χ0) is 17.8. The van der Waals surface area contributed by atoms with Gasteiger partial charge in [-0.15, -0.1) is 0 Å². The molecule has 0 aliphatic carbocycles. The fourth-order valence-corrected chi connectivity index (χ4v) is 2.96. The summed E-state index contributed by atoms with van der Waals surface area (Å²) in [4.78, 5) is 19.5. The van der Waals surface area contributed by atoms with Gasteiger partial charge in [-0.05, 0) is 57.4 Å². The van der Waals surface area contributed by atoms with Crippen LogP contribution in [0.1, 0.15) is 27.7 Å². The van der Waals surface area contributed by atoms with E-state index in [-0.39, 0.29) is 5.69 Å². The zero-order valence-corrected chi connectivity index (χ0v) is 14.7. The number of aromatic amines is 1. The first-order valence-corrected chi connectivity index (χ1v) is 8.30. The quantitative estimate of drug-likeness (QED) is 0.727. The monoisotopic (exact) mass is 337 g/mol. The molecule has 0 bridgehead atoms. The second-order valence-corrected chi connectivity index (χ2v) is 7.32. The molecule has 6 nitrogen and oxygen atoms in total. The van der Waals surface area contributed by atoms with Crippen molar-refractivity contribution in [1.82, 2.24) is 14.5 Å². The Morgan fingerprint density at radius 3 is 2.44 bits per heavy atom. The maximum Gasteiger partial charge on any atom is 0.494 e. The molecule has 0 spiro atoms. The van der Waals surface area contributed by atoms with Crippen LogP contribution in [0.4, 0.5) is 0 Å². The van der Waals surface area contributed by atoms with Gasteiger partial charge in [0.05, 0.1) is 22.2 Å². The van der Waals surface area contributed by atoms with Crippen molar-refractivity contribution >= 4 is 23.6 Å². The predicted octanol–water partition coefficient (Wildman–Crippen LogP) is 2.01. The highest BCUT2D eigenvalue weighted by atomic mass is 16.7. The second-order valence-electron chi connectivity index (χ2n) is 7.32. The first kappa shape index (κ1) is 16.1. The molecule has 3 aromatic rings. The Balaban J connectivity index is 1.83. The first-order valence-electron chi connectivity index (χ1n) is 8.30. The van der Waals surface area contributed by atoms with Crippen LogP contribution in [0, 0.1) is 0 Å². The predicted molar refractivity (Wildman–Crippen MR) is 97.4 cm³/mol. The van der Waals surface area contributed by atoms with E-state index >= 15 is 0 Å². The van der Waals surface area contributed by atoms with Gasteiger partial charge < -0.3 is 14.3 Å². The molecule has 2 aromatic heterocycles. The van der Waals surface area contributed by atoms with E-state index in [1.807, 2.05) is 58.0 Å². The van der Waals surface area contributed by atoms with Crippen LogP contribution in [0.25, 0.3) is 16.9 Å². The number of imidazole rings is 1. The fourth-order valence-electron chi connectivity index (χ4n) is 2.96. The van der Waals surface area contributed by atoms with E-state index < -0.39 is 18.3 Å². The molecule has 3 heterocycles. The van der Waals surface area contributed by atoms with Crippen LogP contribution >= 0.6 is 0 Å². The van der Waals surface area contributed by atoms with E-state index in [1.165, 1.54) is 0 Å². The lowest BCUT2D eigenvalue weighted by atomic mass is 9.79. The number of aromatic nitrogens is 3. The number of nitrogens with zero attached hydrogens (tertiary/aromatic N) is 2. The van der Waals surface area contributed by atoms with Crippen LogP contribution in [-0.4, -0.2) is 32.9 Å². The van der Waals surface area contributed by atoms with Crippen LogP contribution in [0.15, 0.2) is 47.4 Å². The van der Waals surface area contributed by atoms with E-state index in [2.05, 4.69) is 9.97 Å². The summed E-state index contributed by atoms with van der Waals surface area (Å²) in [7, 11) is -0.475. The summed E-state index contributed by atoms with van der Waals surface area (Å²) in [6.07, 6.45) is 1.67. The molecule has 0 saturated carbocycles. The van der Waals surface area contributed by atoms with E-state index in [4.69, 9.17) is 9.31 Å². The summed E-state index contributed by atoms with van der Waals surface area (Å²) in [5.74, 6) is 0.574. The van der Waals surface area contributed by atoms with Gasteiger partial charge in [-0.25, -0.2) is 14.3 Å². The number of H-pyrrole nitrogens is 1. The van der Waals surface area contributed by atoms with E-state index in [0.717, 1.165) is 16.5 Å². The Hall–Kier alpha value is -2.38. The maximum atomic E-state index is 12.4. The summed E-state index contributed by atoms with van der Waals surface area (Å²) >= 11 is 0. The van der Waals surface area contributed by atoms with Crippen LogP contribution in [0.5, 0.6) is 0 Å². The molecule has 1 aliphatic heterocycles. The number of pyridine rings is 1. The summed E-state index contributed by atoms with van der Waals surface area (Å²) in [6.45, 7) is 8.08. The highest BCUT2D eigenvalue weighted by Crippen LogP contribution is 2.36. The van der Waals surface area contributed by atoms with Crippen LogP contribution < -0.4 is 11.2 Å². The van der Waals surface area contributed by atoms with Gasteiger partial charge in [0, 0.05) is 6.20 Å². The smallest absolute Gasteiger partial charge is 0.399 e. The number of fused-ring (bicyclic) bond motifs is 1. The Labute approximate surface area is 145 Å². The summed E-state index contributed by atoms with van der Waals surface area (Å²) < 4.78 is 13.8. The number of rotatable bonds is 2. The molecule has 0 amide bonds. The fraction of sp³-hybridized carbons (Fsp3) is 0.333. The largest absolute Gasteiger partial charge is 0.494 e. The molecule has 0 atom stereocenters. The normalized spacial score (nSPS) is 18.8. The third kappa shape index (κ3) is 2.51. The van der Waals surface area contributed by atoms with Crippen molar-refractivity contribution < 1.29 is 9.31 Å². The van der Waals surface area contributed by atoms with Crippen LogP contribution in [-0.2, 0) is 9.31 Å². The van der Waals surface area contributed by atoms with Crippen molar-refractivity contribution in [3.8, 4) is 5.82 Å². The molecular formula is C18H20BN3O3. The van der Waals surface area contributed by atoms with Gasteiger partial charge in [-0.1, -0.05) is 12.1 Å². The molecule has 0 unspecified atom stereocenters. The van der Waals surface area contributed by atoms with E-state index in [9.17, 15) is 4.79 Å². The van der Waals surface area contributed by atoms with Gasteiger partial charge >= 0.3 is 12.8 Å². The minimum absolute atomic E-state index is 0.222. The highest BCUT2D eigenvalue weighted by molar-refractivity contribution is 6.62. The molecule has 4 rings (SSSR count). The molecule has 1 saturated heterocycles. The van der Waals surface area contributed by atoms with Gasteiger partial charge in [-0.2, -0.15) is 0 Å². The van der Waals surface area contributed by atoms with E-state index in [0.29, 0.717) is 5.82 Å². The van der Waals surface area contributed by atoms with Crippen LogP contribution in [0.3, 0.4) is 0 Å². The summed E-state index contributed by atoms with van der Waals surface area (Å²) in [5.41, 5.74) is 1.32. The molecule has 128 valence electrons. The molecule has 1 aromatic carbocycles. The Morgan fingerprint density at radius 1 is 1.08 bits per heavy atom. The van der Waals surface area contributed by atoms with Crippen LogP contribution in [0.2, 0.25) is 0 Å². The molecule has 1 aliphatic rings. The average Bonchev–Trinajstić information content (AvgIpc) is 2.99. The second kappa shape index (κ2) is 5.31. The minimum Gasteiger partial charge on any atom is -0.399 e. The first-order chi connectivity index (χ1) is 11.8. The van der Waals surface area contributed by atoms with Gasteiger partial charge in [0.1, 0.15) is 5.82 Å². The zero-order valence-electron chi connectivity index (χ0n) is 14.7. The van der Waals surface area contributed by atoms with Crippen molar-refractivity contribution in [2.75, 3.05) is 0 Å². The third-order valence-corrected chi connectivity index (χ3v) is 5.11. The number of hydrogen-bond acceptors (Lipinski definition) is 4. The van der Waals surface area contributed by atoms with Crippen molar-refractivity contribution in [3.63, 3.8) is 0 Å². The standard InChI is InChI=1S/C18H20BN3O3/c1-17(2)18(3,4)25-19(24-17)12-8-9-13-14(11-12)22(16(23)21-13)15-7-5-6-10-20-15/h5-11H,1-4H3,(H,21,23). The average molecular weight is 337 g/mol. The van der Waals surface area contributed by atoms with Crippen molar-refractivity contribution in [3.05, 3.63) is 53.1 Å². The highest BCUT2D eigenvalue weighted by Gasteiger charge is 2.51. The maximum absolute atomic E-state index is 12.4. The Bertz CT molecular complexity index is 976. The third-order valence-electron chi connectivity index (χ3n) is 5.11. The Kier molecular flexibility index (Phi) is 3.42. The molecule has 1 N–H and O–H groups in total. The summed E-state index contributed by atoms with van der Waals surface area (Å²) in [5, 5.41) is 0. The number of nitrogens with one attached hydrogen (secondary N) is 1. The number of benzene rings is 1. The number of hydrogen-bond donors (Lipinski definition) is 1. The lowest BCUT2D eigenvalue weighted by Gasteiger charge is -2.32. The molecule has 0 radical (unpaired) electrons. The molecule has 1 fully saturated rings. The van der Waals surface area contributed by atoms with Gasteiger partial charge in [-0.3, -0.25) is 0 Å². The topological polar surface area (TPSA) is 69.1 Å². The lowest BCUT2D eigenvalue weighted by molar-refractivity contribution is 0.00578. The van der Waals surface area contributed by atoms with E-state index in [1.54, 1.807) is 16.8 Å². The SMILES string of the molecule is CC1(C)OB(c2ccc3[nH]c(=O)n(-c4ccccn4)c3c2)OC1(C)C. The molecular weight excluding hydrogens is 317 g/mol. The lowest BCUT2D eigenvalue weighted by Crippen LogP contribution is -2.41. The Morgan fingerprint density at radius 2 is 1.80 bits per heavy atom. The van der Waals surface area contributed by atoms with Gasteiger partial charge in [0.15, 0.2) is 0 Å². The van der Waals surface area contributed by atoms with Gasteiger partial charge in [0.2, 0.25) is 0 Å². The minimum atomic E-state index is -0.475.